The van der Waals surface area contributed by atoms with Crippen LogP contribution in [0.1, 0.15) is 24.0 Å². The molecule has 2 heterocycles. The van der Waals surface area contributed by atoms with E-state index in [-0.39, 0.29) is 18.4 Å². The number of methoxy groups -OCH3 is 1. The highest BCUT2D eigenvalue weighted by atomic mass is 35.5. The Morgan fingerprint density at radius 1 is 1.15 bits per heavy atom. The molecule has 0 spiro atoms. The summed E-state index contributed by atoms with van der Waals surface area (Å²) in [4.78, 5) is 17.5. The average Bonchev–Trinajstić information content (AvgIpc) is 3.65. The Bertz CT molecular complexity index is 1090. The maximum Gasteiger partial charge on any atom is 0.416 e. The average molecular weight is 494 g/mol. The van der Waals surface area contributed by atoms with E-state index in [9.17, 15) is 18.0 Å². The number of carbonyl (C=O) groups is 1. The zero-order valence-corrected chi connectivity index (χ0v) is 19.6. The number of rotatable bonds is 5. The lowest BCUT2D eigenvalue weighted by atomic mass is 9.82. The molecule has 2 atom stereocenters. The van der Waals surface area contributed by atoms with Gasteiger partial charge < -0.3 is 19.9 Å². The van der Waals surface area contributed by atoms with Crippen molar-refractivity contribution in [1.82, 2.24) is 5.32 Å². The minimum Gasteiger partial charge on any atom is -0.495 e. The summed E-state index contributed by atoms with van der Waals surface area (Å²) in [6.45, 7) is 2.37. The van der Waals surface area contributed by atoms with E-state index in [0.717, 1.165) is 30.3 Å². The Labute approximate surface area is 201 Å². The van der Waals surface area contributed by atoms with E-state index in [1.807, 2.05) is 12.1 Å². The van der Waals surface area contributed by atoms with Gasteiger partial charge in [-0.15, -0.1) is 0 Å². The SMILES string of the molecule is COc1ccc(Cl)cc1N1CCN2c3ccc(C(F)(F)F)cc3CC(C(=O)NCC3CC3)C2C1. The third kappa shape index (κ3) is 4.52. The molecule has 0 bridgehead atoms. The molecule has 2 aromatic rings. The first kappa shape index (κ1) is 23.1. The fraction of sp³-hybridized carbons (Fsp3) is 0.480. The van der Waals surface area contributed by atoms with Gasteiger partial charge in [0.05, 0.1) is 30.3 Å². The largest absolute Gasteiger partial charge is 0.495 e. The van der Waals surface area contributed by atoms with Gasteiger partial charge in [0.15, 0.2) is 0 Å². The number of amides is 1. The van der Waals surface area contributed by atoms with Crippen molar-refractivity contribution in [3.05, 3.63) is 52.5 Å². The van der Waals surface area contributed by atoms with Gasteiger partial charge in [0.1, 0.15) is 5.75 Å². The summed E-state index contributed by atoms with van der Waals surface area (Å²) in [5.41, 5.74) is 1.53. The van der Waals surface area contributed by atoms with Crippen LogP contribution in [0.15, 0.2) is 36.4 Å². The second-order valence-electron chi connectivity index (χ2n) is 9.36. The number of nitrogens with one attached hydrogen (secondary N) is 1. The number of nitrogens with zero attached hydrogens (tertiary/aromatic N) is 2. The minimum absolute atomic E-state index is 0.0927. The molecule has 2 aliphatic heterocycles. The van der Waals surface area contributed by atoms with Gasteiger partial charge in [0, 0.05) is 36.9 Å². The smallest absolute Gasteiger partial charge is 0.416 e. The quantitative estimate of drug-likeness (QED) is 0.652. The lowest BCUT2D eigenvalue weighted by Crippen LogP contribution is -2.61. The molecule has 2 aromatic carbocycles. The number of alkyl halides is 3. The number of fused-ring (bicyclic) bond motifs is 3. The van der Waals surface area contributed by atoms with E-state index in [0.29, 0.717) is 48.4 Å². The van der Waals surface area contributed by atoms with E-state index in [2.05, 4.69) is 15.1 Å². The Hall–Kier alpha value is -2.61. The summed E-state index contributed by atoms with van der Waals surface area (Å²) < 4.78 is 45.7. The number of ether oxygens (including phenoxy) is 1. The molecule has 5 nitrogen and oxygen atoms in total. The van der Waals surface area contributed by atoms with Crippen LogP contribution in [0.3, 0.4) is 0 Å². The maximum absolute atomic E-state index is 13.4. The molecule has 1 saturated heterocycles. The van der Waals surface area contributed by atoms with Crippen LogP contribution in [0.25, 0.3) is 0 Å². The molecule has 182 valence electrons. The zero-order valence-electron chi connectivity index (χ0n) is 18.9. The van der Waals surface area contributed by atoms with E-state index >= 15 is 0 Å². The highest BCUT2D eigenvalue weighted by molar-refractivity contribution is 6.31. The molecule has 2 fully saturated rings. The number of piperazine rings is 1. The van der Waals surface area contributed by atoms with Gasteiger partial charge in [-0.25, -0.2) is 0 Å². The van der Waals surface area contributed by atoms with Gasteiger partial charge in [-0.2, -0.15) is 13.2 Å². The van der Waals surface area contributed by atoms with Crippen LogP contribution in [0, 0.1) is 11.8 Å². The molecule has 3 aliphatic rings. The molecule has 9 heteroatoms. The molecule has 0 radical (unpaired) electrons. The standard InChI is InChI=1S/C25H27ClF3N3O2/c1-34-23-7-5-18(26)12-21(23)31-8-9-32-20-6-4-17(25(27,28)29)10-16(20)11-19(22(32)14-31)24(33)30-13-15-2-3-15/h4-7,10,12,15,19,22H,2-3,8-9,11,13-14H2,1H3,(H,30,33). The third-order valence-electron chi connectivity index (χ3n) is 7.12. The van der Waals surface area contributed by atoms with E-state index < -0.39 is 17.7 Å². The van der Waals surface area contributed by atoms with Gasteiger partial charge in [-0.3, -0.25) is 4.79 Å². The summed E-state index contributed by atoms with van der Waals surface area (Å²) >= 11 is 6.26. The molecule has 0 aromatic heterocycles. The molecular formula is C25H27ClF3N3O2. The molecule has 34 heavy (non-hydrogen) atoms. The van der Waals surface area contributed by atoms with E-state index in [4.69, 9.17) is 16.3 Å². The van der Waals surface area contributed by atoms with Crippen LogP contribution < -0.4 is 19.9 Å². The normalized spacial score (nSPS) is 22.1. The highest BCUT2D eigenvalue weighted by Gasteiger charge is 2.43. The first-order valence-electron chi connectivity index (χ1n) is 11.6. The van der Waals surface area contributed by atoms with Crippen LogP contribution in [0.4, 0.5) is 24.5 Å². The van der Waals surface area contributed by atoms with Gasteiger partial charge in [-0.05, 0) is 67.1 Å². The fourth-order valence-corrected chi connectivity index (χ4v) is 5.29. The first-order valence-corrected chi connectivity index (χ1v) is 12.0. The predicted octanol–water partition coefficient (Wildman–Crippen LogP) is 4.76. The summed E-state index contributed by atoms with van der Waals surface area (Å²) in [7, 11) is 1.60. The Morgan fingerprint density at radius 3 is 2.65 bits per heavy atom. The fourth-order valence-electron chi connectivity index (χ4n) is 5.13. The monoisotopic (exact) mass is 493 g/mol. The molecule has 1 amide bonds. The van der Waals surface area contributed by atoms with Gasteiger partial charge in [-0.1, -0.05) is 11.6 Å². The minimum atomic E-state index is -4.42. The van der Waals surface area contributed by atoms with Gasteiger partial charge >= 0.3 is 6.18 Å². The third-order valence-corrected chi connectivity index (χ3v) is 7.35. The highest BCUT2D eigenvalue weighted by Crippen LogP contribution is 2.41. The van der Waals surface area contributed by atoms with Crippen LogP contribution in [0.5, 0.6) is 5.75 Å². The topological polar surface area (TPSA) is 44.8 Å². The van der Waals surface area contributed by atoms with Crippen molar-refractivity contribution >= 4 is 28.9 Å². The molecule has 1 N–H and O–H groups in total. The summed E-state index contributed by atoms with van der Waals surface area (Å²) in [5, 5.41) is 3.65. The maximum atomic E-state index is 13.4. The number of hydrogen-bond donors (Lipinski definition) is 1. The summed E-state index contributed by atoms with van der Waals surface area (Å²) in [6.07, 6.45) is -1.92. The van der Waals surface area contributed by atoms with Crippen LogP contribution in [0.2, 0.25) is 5.02 Å². The molecule has 1 aliphatic carbocycles. The molecule has 2 unspecified atom stereocenters. The van der Waals surface area contributed by atoms with Crippen LogP contribution >= 0.6 is 11.6 Å². The Balaban J connectivity index is 1.47. The number of anilines is 2. The van der Waals surface area contributed by atoms with Crippen LogP contribution in [-0.2, 0) is 17.4 Å². The number of carbonyl (C=O) groups excluding carboxylic acids is 1. The van der Waals surface area contributed by atoms with Crippen molar-refractivity contribution < 1.29 is 22.7 Å². The molecule has 5 rings (SSSR count). The number of benzene rings is 2. The lowest BCUT2D eigenvalue weighted by Gasteiger charge is -2.50. The van der Waals surface area contributed by atoms with Crippen molar-refractivity contribution in [3.8, 4) is 5.75 Å². The van der Waals surface area contributed by atoms with Crippen molar-refractivity contribution in [1.29, 1.82) is 0 Å². The molecular weight excluding hydrogens is 467 g/mol. The Morgan fingerprint density at radius 2 is 1.94 bits per heavy atom. The molecule has 1 saturated carbocycles. The van der Waals surface area contributed by atoms with Crippen molar-refractivity contribution in [2.45, 2.75) is 31.5 Å². The van der Waals surface area contributed by atoms with Crippen molar-refractivity contribution in [2.24, 2.45) is 11.8 Å². The second-order valence-corrected chi connectivity index (χ2v) is 9.80. The summed E-state index contributed by atoms with van der Waals surface area (Å²) in [6, 6.07) is 9.15. The zero-order chi connectivity index (χ0) is 24.0. The first-order chi connectivity index (χ1) is 16.2. The van der Waals surface area contributed by atoms with E-state index in [1.165, 1.54) is 6.07 Å². The second kappa shape index (κ2) is 8.87. The predicted molar refractivity (Wildman–Crippen MR) is 126 cm³/mol. The van der Waals surface area contributed by atoms with Crippen molar-refractivity contribution in [2.75, 3.05) is 43.1 Å². The summed E-state index contributed by atoms with van der Waals surface area (Å²) in [5.74, 6) is 0.664. The van der Waals surface area contributed by atoms with Crippen LogP contribution in [-0.4, -0.2) is 45.2 Å². The lowest BCUT2D eigenvalue weighted by molar-refractivity contribution is -0.137. The van der Waals surface area contributed by atoms with Gasteiger partial charge in [0.2, 0.25) is 5.91 Å². The Kier molecular flexibility index (Phi) is 6.04. The number of hydrogen-bond acceptors (Lipinski definition) is 4. The number of halogens is 4. The van der Waals surface area contributed by atoms with Crippen molar-refractivity contribution in [3.63, 3.8) is 0 Å². The van der Waals surface area contributed by atoms with Gasteiger partial charge in [0.25, 0.3) is 0 Å². The van der Waals surface area contributed by atoms with E-state index in [1.54, 1.807) is 19.2 Å².